The quantitative estimate of drug-likeness (QED) is 0.479. The Morgan fingerprint density at radius 2 is 1.93 bits per heavy atom. The number of nitro benzene ring substituents is 1. The van der Waals surface area contributed by atoms with Crippen molar-refractivity contribution in [1.82, 2.24) is 4.57 Å². The second kappa shape index (κ2) is 6.74. The Morgan fingerprint density at radius 1 is 1.14 bits per heavy atom. The number of anilines is 1. The summed E-state index contributed by atoms with van der Waals surface area (Å²) in [6, 6.07) is 11.7. The number of ether oxygens (including phenoxy) is 2. The normalized spacial score (nSPS) is 15.2. The van der Waals surface area contributed by atoms with Crippen molar-refractivity contribution in [3.8, 4) is 11.5 Å². The van der Waals surface area contributed by atoms with E-state index in [1.54, 1.807) is 22.8 Å². The maximum atomic E-state index is 12.9. The fourth-order valence-electron chi connectivity index (χ4n) is 3.20. The van der Waals surface area contributed by atoms with E-state index >= 15 is 0 Å². The van der Waals surface area contributed by atoms with Crippen LogP contribution in [0.1, 0.15) is 5.56 Å². The molecule has 10 heteroatoms. The molecule has 0 bridgehead atoms. The van der Waals surface area contributed by atoms with E-state index in [1.807, 2.05) is 23.1 Å². The van der Waals surface area contributed by atoms with Crippen LogP contribution in [0.5, 0.6) is 11.5 Å². The zero-order valence-electron chi connectivity index (χ0n) is 15.0. The van der Waals surface area contributed by atoms with Gasteiger partial charge in [0.2, 0.25) is 6.79 Å². The molecular weight excluding hydrogens is 396 g/mol. The van der Waals surface area contributed by atoms with E-state index in [-0.39, 0.29) is 18.0 Å². The Balaban J connectivity index is 1.46. The zero-order valence-corrected chi connectivity index (χ0v) is 15.8. The van der Waals surface area contributed by atoms with Crippen LogP contribution < -0.4 is 29.3 Å². The maximum absolute atomic E-state index is 12.9. The number of rotatable bonds is 3. The van der Waals surface area contributed by atoms with E-state index in [0.717, 1.165) is 11.3 Å². The number of benzene rings is 2. The first-order valence-electron chi connectivity index (χ1n) is 8.73. The topological polar surface area (TPSA) is 99.2 Å². The first kappa shape index (κ1) is 17.4. The summed E-state index contributed by atoms with van der Waals surface area (Å²) in [5.41, 5.74) is 1.48. The third-order valence-electron chi connectivity index (χ3n) is 4.70. The van der Waals surface area contributed by atoms with E-state index < -0.39 is 4.92 Å². The molecule has 0 saturated carbocycles. The van der Waals surface area contributed by atoms with Gasteiger partial charge in [-0.3, -0.25) is 19.5 Å². The first-order chi connectivity index (χ1) is 14.1. The highest BCUT2D eigenvalue weighted by Crippen LogP contribution is 2.35. The standard InChI is InChI=1S/C19H14N4O5S/c24-18-17(7-12-1-3-13(4-2-12)23(25)26)29-19-20-9-21(10-22(18)19)14-5-6-15-16(8-14)28-11-27-15/h1-8H,9-11H2/b17-7+. The fraction of sp³-hybridized carbons (Fsp3) is 0.158. The van der Waals surface area contributed by atoms with Crippen LogP contribution in [-0.2, 0) is 6.67 Å². The number of nitro groups is 1. The van der Waals surface area contributed by atoms with E-state index in [2.05, 4.69) is 4.99 Å². The molecule has 3 aromatic rings. The monoisotopic (exact) mass is 410 g/mol. The number of non-ortho nitro benzene ring substituents is 1. The molecule has 3 heterocycles. The molecule has 0 amide bonds. The van der Waals surface area contributed by atoms with Gasteiger partial charge < -0.3 is 14.4 Å². The largest absolute Gasteiger partial charge is 0.454 e. The molecular formula is C19H14N4O5S. The first-order valence-corrected chi connectivity index (χ1v) is 9.55. The van der Waals surface area contributed by atoms with Crippen molar-refractivity contribution in [2.24, 2.45) is 4.99 Å². The Labute approximate surface area is 167 Å². The lowest BCUT2D eigenvalue weighted by Crippen LogP contribution is -2.42. The molecule has 0 radical (unpaired) electrons. The van der Waals surface area contributed by atoms with Gasteiger partial charge in [0.25, 0.3) is 11.2 Å². The molecule has 146 valence electrons. The highest BCUT2D eigenvalue weighted by molar-refractivity contribution is 7.07. The van der Waals surface area contributed by atoms with Crippen molar-refractivity contribution in [3.63, 3.8) is 0 Å². The van der Waals surface area contributed by atoms with Gasteiger partial charge in [0.1, 0.15) is 13.3 Å². The summed E-state index contributed by atoms with van der Waals surface area (Å²) in [4.78, 5) is 30.3. The molecule has 2 aliphatic heterocycles. The Bertz CT molecular complexity index is 1300. The molecule has 5 rings (SSSR count). The minimum Gasteiger partial charge on any atom is -0.454 e. The lowest BCUT2D eigenvalue weighted by Gasteiger charge is -2.25. The van der Waals surface area contributed by atoms with Crippen LogP contribution in [0.15, 0.2) is 52.3 Å². The predicted molar refractivity (Wildman–Crippen MR) is 106 cm³/mol. The minimum absolute atomic E-state index is 0.0127. The number of hydrogen-bond acceptors (Lipinski definition) is 8. The van der Waals surface area contributed by atoms with E-state index in [9.17, 15) is 14.9 Å². The summed E-state index contributed by atoms with van der Waals surface area (Å²) in [7, 11) is 0. The molecule has 29 heavy (non-hydrogen) atoms. The molecule has 0 spiro atoms. The molecule has 2 aromatic carbocycles. The summed E-state index contributed by atoms with van der Waals surface area (Å²) < 4.78 is 12.9. The van der Waals surface area contributed by atoms with Gasteiger partial charge in [-0.1, -0.05) is 11.3 Å². The second-order valence-corrected chi connectivity index (χ2v) is 7.50. The van der Waals surface area contributed by atoms with Gasteiger partial charge in [-0.2, -0.15) is 0 Å². The van der Waals surface area contributed by atoms with Crippen LogP contribution in [0, 0.1) is 10.1 Å². The highest BCUT2D eigenvalue weighted by Gasteiger charge is 2.19. The van der Waals surface area contributed by atoms with Crippen LogP contribution in [-0.4, -0.2) is 23.0 Å². The second-order valence-electron chi connectivity index (χ2n) is 6.49. The minimum atomic E-state index is -0.452. The summed E-state index contributed by atoms with van der Waals surface area (Å²) in [5, 5.41) is 10.8. The fourth-order valence-corrected chi connectivity index (χ4v) is 4.16. The molecule has 0 unspecified atom stereocenters. The number of nitrogens with zero attached hydrogens (tertiary/aromatic N) is 4. The number of hydrogen-bond donors (Lipinski definition) is 0. The lowest BCUT2D eigenvalue weighted by molar-refractivity contribution is -0.384. The molecule has 0 saturated heterocycles. The van der Waals surface area contributed by atoms with Gasteiger partial charge in [0.05, 0.1) is 9.46 Å². The summed E-state index contributed by atoms with van der Waals surface area (Å²) >= 11 is 1.31. The molecule has 0 N–H and O–H groups in total. The third kappa shape index (κ3) is 3.13. The van der Waals surface area contributed by atoms with E-state index in [0.29, 0.717) is 34.2 Å². The Morgan fingerprint density at radius 3 is 2.72 bits per heavy atom. The van der Waals surface area contributed by atoms with E-state index in [4.69, 9.17) is 9.47 Å². The molecule has 1 aromatic heterocycles. The average Bonchev–Trinajstić information content (AvgIpc) is 3.32. The van der Waals surface area contributed by atoms with Gasteiger partial charge >= 0.3 is 0 Å². The van der Waals surface area contributed by atoms with Crippen molar-refractivity contribution >= 4 is 28.8 Å². The van der Waals surface area contributed by atoms with Crippen molar-refractivity contribution in [3.05, 3.63) is 77.8 Å². The van der Waals surface area contributed by atoms with Gasteiger partial charge in [0.15, 0.2) is 16.3 Å². The van der Waals surface area contributed by atoms with Gasteiger partial charge in [-0.05, 0) is 35.9 Å². The average molecular weight is 410 g/mol. The predicted octanol–water partition coefficient (Wildman–Crippen LogP) is 1.43. The highest BCUT2D eigenvalue weighted by atomic mass is 32.1. The lowest BCUT2D eigenvalue weighted by atomic mass is 10.2. The molecule has 2 aliphatic rings. The van der Waals surface area contributed by atoms with Gasteiger partial charge in [-0.25, -0.2) is 4.99 Å². The molecule has 0 fully saturated rings. The van der Waals surface area contributed by atoms with Crippen LogP contribution >= 0.6 is 11.3 Å². The van der Waals surface area contributed by atoms with Crippen LogP contribution in [0.4, 0.5) is 11.4 Å². The smallest absolute Gasteiger partial charge is 0.271 e. The summed E-state index contributed by atoms with van der Waals surface area (Å²) in [6.45, 7) is 1.01. The van der Waals surface area contributed by atoms with Gasteiger partial charge in [0, 0.05) is 23.9 Å². The van der Waals surface area contributed by atoms with Crippen molar-refractivity contribution in [1.29, 1.82) is 0 Å². The van der Waals surface area contributed by atoms with Gasteiger partial charge in [-0.15, -0.1) is 0 Å². The zero-order chi connectivity index (χ0) is 20.0. The Kier molecular flexibility index (Phi) is 4.06. The van der Waals surface area contributed by atoms with Crippen molar-refractivity contribution in [2.75, 3.05) is 18.4 Å². The molecule has 0 atom stereocenters. The number of thiazole rings is 1. The van der Waals surface area contributed by atoms with Crippen LogP contribution in [0.3, 0.4) is 0 Å². The summed E-state index contributed by atoms with van der Waals surface area (Å²) in [6.07, 6.45) is 1.72. The number of fused-ring (bicyclic) bond motifs is 2. The SMILES string of the molecule is O=c1/c(=C\c2ccc([N+](=O)[O-])cc2)sc2n1CN(c1ccc3c(c1)OCO3)CN=2. The van der Waals surface area contributed by atoms with Crippen molar-refractivity contribution in [2.45, 2.75) is 6.67 Å². The Hall–Kier alpha value is -3.66. The third-order valence-corrected chi connectivity index (χ3v) is 5.74. The van der Waals surface area contributed by atoms with E-state index in [1.165, 1.54) is 23.5 Å². The van der Waals surface area contributed by atoms with Crippen molar-refractivity contribution < 1.29 is 14.4 Å². The summed E-state index contributed by atoms with van der Waals surface area (Å²) in [5.74, 6) is 1.38. The molecule has 9 nitrogen and oxygen atoms in total. The van der Waals surface area contributed by atoms with Crippen LogP contribution in [0.2, 0.25) is 0 Å². The molecule has 0 aliphatic carbocycles. The number of aromatic nitrogens is 1. The maximum Gasteiger partial charge on any atom is 0.271 e. The van der Waals surface area contributed by atoms with Crippen LogP contribution in [0.25, 0.3) is 6.08 Å².